The van der Waals surface area contributed by atoms with Crippen molar-refractivity contribution in [3.63, 3.8) is 0 Å². The highest BCUT2D eigenvalue weighted by molar-refractivity contribution is 8.00. The number of anilines is 2. The third-order valence-corrected chi connectivity index (χ3v) is 5.39. The third-order valence-electron chi connectivity index (χ3n) is 4.31. The van der Waals surface area contributed by atoms with Crippen molar-refractivity contribution in [2.24, 2.45) is 0 Å². The van der Waals surface area contributed by atoms with E-state index in [1.807, 2.05) is 50.2 Å². The molecule has 0 bridgehead atoms. The van der Waals surface area contributed by atoms with Crippen LogP contribution in [0, 0.1) is 0 Å². The van der Waals surface area contributed by atoms with Crippen LogP contribution in [0.1, 0.15) is 38.4 Å². The van der Waals surface area contributed by atoms with Gasteiger partial charge in [0.05, 0.1) is 5.25 Å². The van der Waals surface area contributed by atoms with Gasteiger partial charge < -0.3 is 14.8 Å². The first-order valence-electron chi connectivity index (χ1n) is 8.67. The lowest BCUT2D eigenvalue weighted by Gasteiger charge is -2.15. The van der Waals surface area contributed by atoms with Crippen LogP contribution in [0.25, 0.3) is 0 Å². The van der Waals surface area contributed by atoms with E-state index < -0.39 is 0 Å². The summed E-state index contributed by atoms with van der Waals surface area (Å²) in [6.45, 7) is 4.83. The molecule has 1 aromatic carbocycles. The smallest absolute Gasteiger partial charge is 0.237 e. The van der Waals surface area contributed by atoms with Gasteiger partial charge in [-0.05, 0) is 51.0 Å². The Morgan fingerprint density at radius 2 is 2.00 bits per heavy atom. The lowest BCUT2D eigenvalue weighted by Crippen LogP contribution is -2.23. The van der Waals surface area contributed by atoms with E-state index in [9.17, 15) is 4.79 Å². The normalized spacial score (nSPS) is 15.0. The maximum Gasteiger partial charge on any atom is 0.237 e. The molecule has 1 heterocycles. The predicted molar refractivity (Wildman–Crippen MR) is 102 cm³/mol. The Bertz CT molecular complexity index is 736. The number of benzene rings is 1. The summed E-state index contributed by atoms with van der Waals surface area (Å²) in [6, 6.07) is 7.82. The number of carbonyl (C=O) groups is 1. The van der Waals surface area contributed by atoms with Gasteiger partial charge in [-0.15, -0.1) is 10.2 Å². The summed E-state index contributed by atoms with van der Waals surface area (Å²) in [4.78, 5) is 14.5. The van der Waals surface area contributed by atoms with Gasteiger partial charge in [-0.25, -0.2) is 0 Å². The van der Waals surface area contributed by atoms with Gasteiger partial charge in [0.15, 0.2) is 5.16 Å². The number of nitrogens with one attached hydrogen (secondary N) is 1. The van der Waals surface area contributed by atoms with Crippen molar-refractivity contribution in [2.45, 2.75) is 49.6 Å². The van der Waals surface area contributed by atoms with E-state index in [1.54, 1.807) is 0 Å². The molecule has 1 aliphatic carbocycles. The maximum atomic E-state index is 12.5. The first kappa shape index (κ1) is 17.8. The van der Waals surface area contributed by atoms with Crippen molar-refractivity contribution < 1.29 is 4.79 Å². The highest BCUT2D eigenvalue weighted by Crippen LogP contribution is 2.40. The minimum absolute atomic E-state index is 0.0266. The predicted octanol–water partition coefficient (Wildman–Crippen LogP) is 3.36. The van der Waals surface area contributed by atoms with Crippen LogP contribution in [-0.4, -0.2) is 40.0 Å². The molecule has 7 heteroatoms. The number of hydrogen-bond donors (Lipinski definition) is 1. The van der Waals surface area contributed by atoms with Crippen LogP contribution < -0.4 is 10.2 Å². The Kier molecular flexibility index (Phi) is 5.32. The lowest BCUT2D eigenvalue weighted by molar-refractivity contribution is -0.115. The second-order valence-corrected chi connectivity index (χ2v) is 7.86. The molecule has 1 aliphatic rings. The molecule has 0 radical (unpaired) electrons. The zero-order chi connectivity index (χ0) is 18.0. The lowest BCUT2D eigenvalue weighted by atomic mass is 10.2. The summed E-state index contributed by atoms with van der Waals surface area (Å²) in [5.74, 6) is 1.60. The number of hydrogen-bond acceptors (Lipinski definition) is 5. The number of nitrogens with zero attached hydrogens (tertiary/aromatic N) is 4. The van der Waals surface area contributed by atoms with E-state index in [4.69, 9.17) is 0 Å². The fourth-order valence-corrected chi connectivity index (χ4v) is 3.55. The van der Waals surface area contributed by atoms with Crippen LogP contribution in [-0.2, 0) is 11.3 Å². The second kappa shape index (κ2) is 7.47. The van der Waals surface area contributed by atoms with Gasteiger partial charge in [0.2, 0.25) is 5.91 Å². The molecule has 1 aromatic heterocycles. The molecular weight excluding hydrogens is 334 g/mol. The maximum absolute atomic E-state index is 12.5. The number of thioether (sulfide) groups is 1. The Morgan fingerprint density at radius 1 is 1.32 bits per heavy atom. The van der Waals surface area contributed by atoms with Crippen LogP contribution in [0.3, 0.4) is 0 Å². The first-order valence-corrected chi connectivity index (χ1v) is 9.55. The monoisotopic (exact) mass is 359 g/mol. The molecule has 1 N–H and O–H groups in total. The standard InChI is InChI=1S/C18H25N5OS/c1-5-23-16(13-6-7-13)20-21-18(23)25-12(2)17(24)19-14-8-10-15(11-9-14)22(3)4/h8-13H,5-7H2,1-4H3,(H,19,24). The van der Waals surface area contributed by atoms with Crippen molar-refractivity contribution in [3.8, 4) is 0 Å². The van der Waals surface area contributed by atoms with Crippen LogP contribution >= 0.6 is 11.8 Å². The summed E-state index contributed by atoms with van der Waals surface area (Å²) in [5.41, 5.74) is 1.91. The van der Waals surface area contributed by atoms with Gasteiger partial charge in [-0.1, -0.05) is 11.8 Å². The molecule has 1 amide bonds. The van der Waals surface area contributed by atoms with Crippen molar-refractivity contribution >= 4 is 29.0 Å². The first-order chi connectivity index (χ1) is 12.0. The molecule has 0 saturated heterocycles. The van der Waals surface area contributed by atoms with Crippen LogP contribution in [0.5, 0.6) is 0 Å². The van der Waals surface area contributed by atoms with Crippen molar-refractivity contribution in [3.05, 3.63) is 30.1 Å². The molecular formula is C18H25N5OS. The highest BCUT2D eigenvalue weighted by Gasteiger charge is 2.30. The third kappa shape index (κ3) is 4.15. The molecule has 134 valence electrons. The largest absolute Gasteiger partial charge is 0.378 e. The minimum atomic E-state index is -0.241. The minimum Gasteiger partial charge on any atom is -0.378 e. The van der Waals surface area contributed by atoms with E-state index in [2.05, 4.69) is 27.0 Å². The van der Waals surface area contributed by atoms with Gasteiger partial charge in [0.25, 0.3) is 0 Å². The molecule has 0 spiro atoms. The quantitative estimate of drug-likeness (QED) is 0.768. The molecule has 3 rings (SSSR count). The van der Waals surface area contributed by atoms with E-state index in [-0.39, 0.29) is 11.2 Å². The van der Waals surface area contributed by atoms with Crippen LogP contribution in [0.4, 0.5) is 11.4 Å². The number of aromatic nitrogens is 3. The summed E-state index contributed by atoms with van der Waals surface area (Å²) < 4.78 is 2.14. The average molecular weight is 359 g/mol. The number of amides is 1. The molecule has 1 saturated carbocycles. The molecule has 25 heavy (non-hydrogen) atoms. The number of carbonyl (C=O) groups excluding carboxylic acids is 1. The van der Waals surface area contributed by atoms with Gasteiger partial charge in [0.1, 0.15) is 5.82 Å². The van der Waals surface area contributed by atoms with Crippen LogP contribution in [0.2, 0.25) is 0 Å². The molecule has 0 aliphatic heterocycles. The Labute approximate surface area is 153 Å². The Morgan fingerprint density at radius 3 is 2.56 bits per heavy atom. The van der Waals surface area contributed by atoms with Gasteiger partial charge in [-0.3, -0.25) is 4.79 Å². The average Bonchev–Trinajstić information content (AvgIpc) is 3.36. The summed E-state index contributed by atoms with van der Waals surface area (Å²) in [6.07, 6.45) is 2.39. The molecule has 1 atom stereocenters. The molecule has 6 nitrogen and oxygen atoms in total. The van der Waals surface area contributed by atoms with E-state index in [0.29, 0.717) is 5.92 Å². The van der Waals surface area contributed by atoms with Crippen molar-refractivity contribution in [1.82, 2.24) is 14.8 Å². The zero-order valence-corrected chi connectivity index (χ0v) is 16.0. The topological polar surface area (TPSA) is 63.1 Å². The zero-order valence-electron chi connectivity index (χ0n) is 15.2. The van der Waals surface area contributed by atoms with Gasteiger partial charge >= 0.3 is 0 Å². The number of rotatable bonds is 7. The molecule has 1 fully saturated rings. The highest BCUT2D eigenvalue weighted by atomic mass is 32.2. The molecule has 2 aromatic rings. The van der Waals surface area contributed by atoms with E-state index in [1.165, 1.54) is 24.6 Å². The Balaban J connectivity index is 1.62. The van der Waals surface area contributed by atoms with Gasteiger partial charge in [0, 0.05) is 37.9 Å². The Hall–Kier alpha value is -2.02. The van der Waals surface area contributed by atoms with E-state index in [0.717, 1.165) is 28.9 Å². The van der Waals surface area contributed by atoms with Crippen molar-refractivity contribution in [2.75, 3.05) is 24.3 Å². The second-order valence-electron chi connectivity index (χ2n) is 6.55. The summed E-state index contributed by atoms with van der Waals surface area (Å²) >= 11 is 1.47. The fourth-order valence-electron chi connectivity index (χ4n) is 2.63. The summed E-state index contributed by atoms with van der Waals surface area (Å²) in [5, 5.41) is 12.2. The summed E-state index contributed by atoms with van der Waals surface area (Å²) in [7, 11) is 3.98. The SMILES string of the molecule is CCn1c(SC(C)C(=O)Nc2ccc(N(C)C)cc2)nnc1C1CC1. The van der Waals surface area contributed by atoms with E-state index >= 15 is 0 Å². The van der Waals surface area contributed by atoms with Gasteiger partial charge in [-0.2, -0.15) is 0 Å². The van der Waals surface area contributed by atoms with Crippen molar-refractivity contribution in [1.29, 1.82) is 0 Å². The van der Waals surface area contributed by atoms with Crippen LogP contribution in [0.15, 0.2) is 29.4 Å². The fraction of sp³-hybridized carbons (Fsp3) is 0.500. The molecule has 1 unspecified atom stereocenters.